The second kappa shape index (κ2) is 4.38. The molecule has 3 rings (SSSR count). The smallest absolute Gasteiger partial charge is 0.0343 e. The lowest BCUT2D eigenvalue weighted by molar-refractivity contribution is 0.378. The molecule has 2 fully saturated rings. The van der Waals surface area contributed by atoms with Crippen molar-refractivity contribution >= 4 is 21.6 Å². The summed E-state index contributed by atoms with van der Waals surface area (Å²) in [6, 6.07) is 10.6. The van der Waals surface area contributed by atoms with Crippen molar-refractivity contribution in [3.8, 4) is 0 Å². The van der Waals surface area contributed by atoms with Gasteiger partial charge in [0.2, 0.25) is 0 Å². The lowest BCUT2D eigenvalue weighted by Gasteiger charge is -2.30. The van der Waals surface area contributed by atoms with Gasteiger partial charge in [-0.15, -0.1) is 0 Å². The zero-order valence-corrected chi connectivity index (χ0v) is 10.8. The molecule has 2 heterocycles. The van der Waals surface area contributed by atoms with Gasteiger partial charge in [-0.1, -0.05) is 15.9 Å². The fourth-order valence-corrected chi connectivity index (χ4v) is 3.22. The lowest BCUT2D eigenvalue weighted by Crippen LogP contribution is -2.43. The highest BCUT2D eigenvalue weighted by molar-refractivity contribution is 9.10. The van der Waals surface area contributed by atoms with Crippen LogP contribution < -0.4 is 10.6 Å². The highest BCUT2D eigenvalue weighted by atomic mass is 79.9. The van der Waals surface area contributed by atoms with E-state index < -0.39 is 0 Å². The minimum absolute atomic E-state index is 0.653. The van der Waals surface area contributed by atoms with Crippen LogP contribution in [0.1, 0.15) is 25.7 Å². The fraction of sp³-hybridized carbons (Fsp3) is 0.538. The zero-order chi connectivity index (χ0) is 11.0. The Kier molecular flexibility index (Phi) is 2.90. The van der Waals surface area contributed by atoms with Crippen LogP contribution in [0.3, 0.4) is 0 Å². The molecular weight excluding hydrogens is 264 g/mol. The maximum atomic E-state index is 3.67. The normalized spacial score (nSPS) is 32.7. The summed E-state index contributed by atoms with van der Waals surface area (Å²) in [6.07, 6.45) is 5.27. The van der Waals surface area contributed by atoms with E-state index in [0.717, 1.165) is 16.6 Å². The second-order valence-electron chi connectivity index (χ2n) is 4.96. The predicted octanol–water partition coefficient (Wildman–Crippen LogP) is 3.14. The molecule has 2 bridgehead atoms. The van der Waals surface area contributed by atoms with Gasteiger partial charge in [0.1, 0.15) is 0 Å². The molecule has 2 N–H and O–H groups in total. The largest absolute Gasteiger partial charge is 0.382 e. The van der Waals surface area contributed by atoms with Crippen molar-refractivity contribution in [1.82, 2.24) is 5.32 Å². The van der Waals surface area contributed by atoms with Crippen LogP contribution in [0.15, 0.2) is 28.7 Å². The summed E-state index contributed by atoms with van der Waals surface area (Å²) in [7, 11) is 0. The number of hydrogen-bond acceptors (Lipinski definition) is 2. The molecule has 0 amide bonds. The van der Waals surface area contributed by atoms with Crippen molar-refractivity contribution < 1.29 is 0 Å². The van der Waals surface area contributed by atoms with E-state index >= 15 is 0 Å². The van der Waals surface area contributed by atoms with Crippen molar-refractivity contribution in [2.75, 3.05) is 5.32 Å². The van der Waals surface area contributed by atoms with E-state index in [1.54, 1.807) is 0 Å². The number of rotatable bonds is 2. The number of fused-ring (bicyclic) bond motifs is 2. The van der Waals surface area contributed by atoms with Gasteiger partial charge >= 0.3 is 0 Å². The third kappa shape index (κ3) is 2.25. The number of anilines is 1. The summed E-state index contributed by atoms with van der Waals surface area (Å²) in [6.45, 7) is 0. The van der Waals surface area contributed by atoms with E-state index in [-0.39, 0.29) is 0 Å². The molecule has 2 unspecified atom stereocenters. The first-order valence-electron chi connectivity index (χ1n) is 6.08. The van der Waals surface area contributed by atoms with Gasteiger partial charge in [-0.2, -0.15) is 0 Å². The maximum absolute atomic E-state index is 3.67. The molecule has 0 saturated carbocycles. The number of benzene rings is 1. The van der Waals surface area contributed by atoms with Crippen molar-refractivity contribution in [2.24, 2.45) is 0 Å². The quantitative estimate of drug-likeness (QED) is 0.870. The Morgan fingerprint density at radius 1 is 1.06 bits per heavy atom. The Balaban J connectivity index is 1.64. The number of nitrogens with one attached hydrogen (secondary N) is 2. The highest BCUT2D eigenvalue weighted by Gasteiger charge is 2.33. The van der Waals surface area contributed by atoms with Crippen LogP contribution >= 0.6 is 15.9 Å². The minimum atomic E-state index is 0.653. The number of hydrogen-bond donors (Lipinski definition) is 2. The Bertz CT molecular complexity index is 351. The highest BCUT2D eigenvalue weighted by Crippen LogP contribution is 2.28. The molecule has 1 aromatic carbocycles. The van der Waals surface area contributed by atoms with E-state index in [1.165, 1.54) is 31.4 Å². The monoisotopic (exact) mass is 280 g/mol. The van der Waals surface area contributed by atoms with Gasteiger partial charge < -0.3 is 10.6 Å². The Hall–Kier alpha value is -0.540. The number of piperidine rings is 1. The molecule has 2 saturated heterocycles. The van der Waals surface area contributed by atoms with Gasteiger partial charge in [0.15, 0.2) is 0 Å². The summed E-state index contributed by atoms with van der Waals surface area (Å²) in [4.78, 5) is 0. The van der Waals surface area contributed by atoms with Gasteiger partial charge in [0.25, 0.3) is 0 Å². The summed E-state index contributed by atoms with van der Waals surface area (Å²) in [5, 5.41) is 7.32. The van der Waals surface area contributed by atoms with Crippen LogP contribution in [0, 0.1) is 0 Å². The van der Waals surface area contributed by atoms with E-state index in [4.69, 9.17) is 0 Å². The third-order valence-electron chi connectivity index (χ3n) is 3.69. The first kappa shape index (κ1) is 10.6. The molecule has 3 heteroatoms. The van der Waals surface area contributed by atoms with Gasteiger partial charge in [0, 0.05) is 28.3 Å². The Labute approximate surface area is 105 Å². The van der Waals surface area contributed by atoms with Crippen LogP contribution in [-0.4, -0.2) is 18.1 Å². The molecule has 2 aliphatic heterocycles. The van der Waals surface area contributed by atoms with Crippen LogP contribution in [0.5, 0.6) is 0 Å². The molecule has 86 valence electrons. The van der Waals surface area contributed by atoms with Crippen molar-refractivity contribution in [2.45, 2.75) is 43.8 Å². The summed E-state index contributed by atoms with van der Waals surface area (Å²) >= 11 is 3.46. The molecule has 0 aromatic heterocycles. The van der Waals surface area contributed by atoms with Crippen LogP contribution in [-0.2, 0) is 0 Å². The summed E-state index contributed by atoms with van der Waals surface area (Å²) in [5.41, 5.74) is 1.24. The second-order valence-corrected chi connectivity index (χ2v) is 5.87. The molecule has 0 aliphatic carbocycles. The molecule has 0 spiro atoms. The van der Waals surface area contributed by atoms with E-state index in [9.17, 15) is 0 Å². The van der Waals surface area contributed by atoms with Crippen LogP contribution in [0.25, 0.3) is 0 Å². The SMILES string of the molecule is Brc1ccc(NC2CC3CCC(C2)N3)cc1. The Morgan fingerprint density at radius 2 is 1.69 bits per heavy atom. The van der Waals surface area contributed by atoms with Gasteiger partial charge in [-0.05, 0) is 49.9 Å². The third-order valence-corrected chi connectivity index (χ3v) is 4.22. The van der Waals surface area contributed by atoms with Gasteiger partial charge in [-0.25, -0.2) is 0 Å². The molecular formula is C13H17BrN2. The Morgan fingerprint density at radius 3 is 2.31 bits per heavy atom. The predicted molar refractivity (Wildman–Crippen MR) is 70.7 cm³/mol. The zero-order valence-electron chi connectivity index (χ0n) is 9.25. The first-order valence-corrected chi connectivity index (χ1v) is 6.87. The van der Waals surface area contributed by atoms with Crippen molar-refractivity contribution in [3.63, 3.8) is 0 Å². The average molecular weight is 281 g/mol. The number of halogens is 1. The first-order chi connectivity index (χ1) is 7.79. The van der Waals surface area contributed by atoms with Crippen molar-refractivity contribution in [1.29, 1.82) is 0 Å². The standard InChI is InChI=1S/C13H17BrN2/c14-9-1-3-10(4-2-9)15-13-7-11-5-6-12(8-13)16-11/h1-4,11-13,15-16H,5-8H2. The molecule has 1 aromatic rings. The van der Waals surface area contributed by atoms with Crippen molar-refractivity contribution in [3.05, 3.63) is 28.7 Å². The molecule has 2 atom stereocenters. The van der Waals surface area contributed by atoms with Gasteiger partial charge in [-0.3, -0.25) is 0 Å². The molecule has 2 nitrogen and oxygen atoms in total. The van der Waals surface area contributed by atoms with Gasteiger partial charge in [0.05, 0.1) is 0 Å². The maximum Gasteiger partial charge on any atom is 0.0343 e. The van der Waals surface area contributed by atoms with E-state index in [1.807, 2.05) is 0 Å². The van der Waals surface area contributed by atoms with E-state index in [2.05, 4.69) is 50.8 Å². The lowest BCUT2D eigenvalue weighted by atomic mass is 9.99. The molecule has 0 radical (unpaired) electrons. The average Bonchev–Trinajstić information content (AvgIpc) is 2.62. The van der Waals surface area contributed by atoms with E-state index in [0.29, 0.717) is 6.04 Å². The van der Waals surface area contributed by atoms with Crippen LogP contribution in [0.2, 0.25) is 0 Å². The van der Waals surface area contributed by atoms with Crippen LogP contribution in [0.4, 0.5) is 5.69 Å². The molecule has 2 aliphatic rings. The summed E-state index contributed by atoms with van der Waals surface area (Å²) < 4.78 is 1.14. The molecule has 16 heavy (non-hydrogen) atoms. The topological polar surface area (TPSA) is 24.1 Å². The minimum Gasteiger partial charge on any atom is -0.382 e. The fourth-order valence-electron chi connectivity index (χ4n) is 2.96. The summed E-state index contributed by atoms with van der Waals surface area (Å²) in [5.74, 6) is 0.